The lowest BCUT2D eigenvalue weighted by molar-refractivity contribution is -0.120. The van der Waals surface area contributed by atoms with Gasteiger partial charge in [0.1, 0.15) is 24.8 Å². The average Bonchev–Trinajstić information content (AvgIpc) is 2.36. The number of hydrogen-bond acceptors (Lipinski definition) is 6. The van der Waals surface area contributed by atoms with Crippen LogP contribution in [-0.4, -0.2) is 55.1 Å². The van der Waals surface area contributed by atoms with Crippen molar-refractivity contribution >= 4 is 11.6 Å². The number of ether oxygens (including phenoxy) is 1. The largest absolute Gasteiger partial charge is 0.405 e. The molecule has 0 unspecified atom stereocenters. The molecule has 20 heavy (non-hydrogen) atoms. The highest BCUT2D eigenvalue weighted by molar-refractivity contribution is 5.49. The molecular formula is C11H17F3N4O2. The summed E-state index contributed by atoms with van der Waals surface area (Å²) in [6.07, 6.45) is -4.39. The minimum atomic E-state index is -4.39. The molecule has 1 heterocycles. The Balaban J connectivity index is 3.07. The van der Waals surface area contributed by atoms with Gasteiger partial charge in [0.05, 0.1) is 6.61 Å². The summed E-state index contributed by atoms with van der Waals surface area (Å²) in [6, 6.07) is 1.39. The maximum atomic E-state index is 12.5. The highest BCUT2D eigenvalue weighted by Gasteiger charge is 2.31. The van der Waals surface area contributed by atoms with Crippen molar-refractivity contribution in [3.8, 4) is 0 Å². The van der Waals surface area contributed by atoms with Gasteiger partial charge in [0.25, 0.3) is 0 Å². The van der Waals surface area contributed by atoms with E-state index in [1.54, 1.807) is 7.05 Å². The van der Waals surface area contributed by atoms with Crippen molar-refractivity contribution in [1.29, 1.82) is 0 Å². The number of rotatable bonds is 7. The third-order valence-corrected chi connectivity index (χ3v) is 2.35. The van der Waals surface area contributed by atoms with Crippen LogP contribution in [0, 0.1) is 0 Å². The second-order valence-electron chi connectivity index (χ2n) is 3.97. The molecule has 1 aromatic heterocycles. The predicted molar refractivity (Wildman–Crippen MR) is 67.6 cm³/mol. The van der Waals surface area contributed by atoms with Crippen LogP contribution in [0.5, 0.6) is 0 Å². The zero-order chi connectivity index (χ0) is 15.2. The first-order valence-electron chi connectivity index (χ1n) is 5.87. The van der Waals surface area contributed by atoms with E-state index in [-0.39, 0.29) is 24.8 Å². The van der Waals surface area contributed by atoms with Gasteiger partial charge < -0.3 is 20.1 Å². The van der Waals surface area contributed by atoms with E-state index in [1.807, 2.05) is 0 Å². The van der Waals surface area contributed by atoms with E-state index >= 15 is 0 Å². The van der Waals surface area contributed by atoms with Crippen molar-refractivity contribution in [2.75, 3.05) is 44.1 Å². The van der Waals surface area contributed by atoms with Gasteiger partial charge in [-0.15, -0.1) is 0 Å². The third-order valence-electron chi connectivity index (χ3n) is 2.35. The molecule has 0 aromatic carbocycles. The van der Waals surface area contributed by atoms with Gasteiger partial charge in [0.2, 0.25) is 0 Å². The number of nitrogens with zero attached hydrogens (tertiary/aromatic N) is 3. The van der Waals surface area contributed by atoms with Crippen LogP contribution in [0.2, 0.25) is 0 Å². The average molecular weight is 294 g/mol. The van der Waals surface area contributed by atoms with E-state index in [2.05, 4.69) is 15.3 Å². The van der Waals surface area contributed by atoms with Crippen LogP contribution in [0.4, 0.5) is 24.8 Å². The molecule has 114 valence electrons. The third kappa shape index (κ3) is 5.17. The van der Waals surface area contributed by atoms with Crippen molar-refractivity contribution in [2.45, 2.75) is 12.8 Å². The Bertz CT molecular complexity index is 429. The van der Waals surface area contributed by atoms with Crippen LogP contribution < -0.4 is 10.2 Å². The number of nitrogens with one attached hydrogen (secondary N) is 1. The number of methoxy groups -OCH3 is 1. The standard InChI is InChI=1S/C11H17F3N4O2/c1-15-8-5-10(17-9(16-8)6-20-2)18(3-4-19)7-11(12,13)14/h5,19H,3-4,6-7H2,1-2H3,(H,15,16,17). The summed E-state index contributed by atoms with van der Waals surface area (Å²) < 4.78 is 42.5. The number of aliphatic hydroxyl groups excluding tert-OH is 1. The van der Waals surface area contributed by atoms with E-state index in [4.69, 9.17) is 9.84 Å². The van der Waals surface area contributed by atoms with Gasteiger partial charge in [-0.2, -0.15) is 13.2 Å². The zero-order valence-electron chi connectivity index (χ0n) is 11.2. The minimum Gasteiger partial charge on any atom is -0.395 e. The number of halogens is 3. The molecule has 1 rings (SSSR count). The first-order chi connectivity index (χ1) is 9.39. The Labute approximate surface area is 114 Å². The smallest absolute Gasteiger partial charge is 0.395 e. The Morgan fingerprint density at radius 1 is 1.40 bits per heavy atom. The van der Waals surface area contributed by atoms with Crippen molar-refractivity contribution < 1.29 is 23.0 Å². The van der Waals surface area contributed by atoms with Crippen LogP contribution in [0.3, 0.4) is 0 Å². The molecule has 9 heteroatoms. The Hall–Kier alpha value is -1.61. The van der Waals surface area contributed by atoms with Gasteiger partial charge in [0, 0.05) is 26.8 Å². The van der Waals surface area contributed by atoms with Gasteiger partial charge in [-0.1, -0.05) is 0 Å². The summed E-state index contributed by atoms with van der Waals surface area (Å²) in [5, 5.41) is 11.7. The van der Waals surface area contributed by atoms with E-state index in [0.717, 1.165) is 4.90 Å². The minimum absolute atomic E-state index is 0.0848. The van der Waals surface area contributed by atoms with E-state index in [1.165, 1.54) is 13.2 Å². The molecule has 0 aliphatic heterocycles. The lowest BCUT2D eigenvalue weighted by Gasteiger charge is -2.24. The van der Waals surface area contributed by atoms with Gasteiger partial charge in [-0.3, -0.25) is 0 Å². The number of alkyl halides is 3. The summed E-state index contributed by atoms with van der Waals surface area (Å²) in [6.45, 7) is -1.69. The molecule has 0 radical (unpaired) electrons. The Morgan fingerprint density at radius 3 is 2.60 bits per heavy atom. The van der Waals surface area contributed by atoms with Gasteiger partial charge in [-0.05, 0) is 0 Å². The lowest BCUT2D eigenvalue weighted by atomic mass is 10.4. The predicted octanol–water partition coefficient (Wildman–Crippen LogP) is 1.03. The van der Waals surface area contributed by atoms with Gasteiger partial charge >= 0.3 is 6.18 Å². The Kier molecular flexibility index (Phi) is 5.96. The molecule has 0 bridgehead atoms. The number of aliphatic hydroxyl groups is 1. The summed E-state index contributed by atoms with van der Waals surface area (Å²) in [4.78, 5) is 9.02. The monoisotopic (exact) mass is 294 g/mol. The fourth-order valence-electron chi connectivity index (χ4n) is 1.58. The normalized spacial score (nSPS) is 11.5. The van der Waals surface area contributed by atoms with Crippen LogP contribution in [0.15, 0.2) is 6.07 Å². The molecular weight excluding hydrogens is 277 g/mol. The van der Waals surface area contributed by atoms with E-state index in [9.17, 15) is 13.2 Å². The van der Waals surface area contributed by atoms with Crippen molar-refractivity contribution in [1.82, 2.24) is 9.97 Å². The second-order valence-corrected chi connectivity index (χ2v) is 3.97. The molecule has 2 N–H and O–H groups in total. The second kappa shape index (κ2) is 7.25. The van der Waals surface area contributed by atoms with Crippen LogP contribution in [-0.2, 0) is 11.3 Å². The summed E-state index contributed by atoms with van der Waals surface area (Å²) in [5.41, 5.74) is 0. The zero-order valence-corrected chi connectivity index (χ0v) is 11.2. The maximum absolute atomic E-state index is 12.5. The fraction of sp³-hybridized carbons (Fsp3) is 0.636. The van der Waals surface area contributed by atoms with Crippen LogP contribution in [0.25, 0.3) is 0 Å². The van der Waals surface area contributed by atoms with E-state index in [0.29, 0.717) is 5.82 Å². The SMILES string of the molecule is CNc1cc(N(CCO)CC(F)(F)F)nc(COC)n1. The quantitative estimate of drug-likeness (QED) is 0.782. The summed E-state index contributed by atoms with van der Waals surface area (Å²) >= 11 is 0. The first kappa shape index (κ1) is 16.4. The fourth-order valence-corrected chi connectivity index (χ4v) is 1.58. The summed E-state index contributed by atoms with van der Waals surface area (Å²) in [5.74, 6) is 0.731. The van der Waals surface area contributed by atoms with Gasteiger partial charge in [-0.25, -0.2) is 9.97 Å². The molecule has 0 aliphatic rings. The number of hydrogen-bond donors (Lipinski definition) is 2. The molecule has 0 aliphatic carbocycles. The molecule has 0 fully saturated rings. The molecule has 1 aromatic rings. The molecule has 0 amide bonds. The highest BCUT2D eigenvalue weighted by Crippen LogP contribution is 2.22. The molecule has 0 spiro atoms. The number of anilines is 2. The topological polar surface area (TPSA) is 70.5 Å². The maximum Gasteiger partial charge on any atom is 0.405 e. The molecule has 0 saturated heterocycles. The molecule has 0 saturated carbocycles. The van der Waals surface area contributed by atoms with Crippen molar-refractivity contribution in [3.63, 3.8) is 0 Å². The molecule has 0 atom stereocenters. The first-order valence-corrected chi connectivity index (χ1v) is 5.87. The van der Waals surface area contributed by atoms with Crippen molar-refractivity contribution in [3.05, 3.63) is 11.9 Å². The van der Waals surface area contributed by atoms with Gasteiger partial charge in [0.15, 0.2) is 5.82 Å². The van der Waals surface area contributed by atoms with Crippen molar-refractivity contribution in [2.24, 2.45) is 0 Å². The van der Waals surface area contributed by atoms with Crippen LogP contribution >= 0.6 is 0 Å². The molecule has 6 nitrogen and oxygen atoms in total. The van der Waals surface area contributed by atoms with E-state index < -0.39 is 19.3 Å². The highest BCUT2D eigenvalue weighted by atomic mass is 19.4. The lowest BCUT2D eigenvalue weighted by Crippen LogP contribution is -2.37. The Morgan fingerprint density at radius 2 is 2.10 bits per heavy atom. The van der Waals surface area contributed by atoms with Crippen LogP contribution in [0.1, 0.15) is 5.82 Å². The summed E-state index contributed by atoms with van der Waals surface area (Å²) in [7, 11) is 3.04. The number of aromatic nitrogens is 2.